The zero-order chi connectivity index (χ0) is 16.7. The van der Waals surface area contributed by atoms with Crippen molar-refractivity contribution in [3.8, 4) is 6.07 Å². The first kappa shape index (κ1) is 15.1. The van der Waals surface area contributed by atoms with Gasteiger partial charge in [0, 0.05) is 36.7 Å². The summed E-state index contributed by atoms with van der Waals surface area (Å²) in [6.07, 6.45) is 2.55. The summed E-state index contributed by atoms with van der Waals surface area (Å²) in [5, 5.41) is 13.0. The Kier molecular flexibility index (Phi) is 3.71. The minimum atomic E-state index is 0.265. The summed E-state index contributed by atoms with van der Waals surface area (Å²) >= 11 is 3.54. The van der Waals surface area contributed by atoms with E-state index in [1.54, 1.807) is 12.3 Å². The van der Waals surface area contributed by atoms with Gasteiger partial charge in [-0.3, -0.25) is 0 Å². The zero-order valence-corrected chi connectivity index (χ0v) is 14.6. The molecule has 0 aromatic carbocycles. The second-order valence-corrected chi connectivity index (χ2v) is 6.63. The molecule has 6 nitrogen and oxygen atoms in total. The van der Waals surface area contributed by atoms with Gasteiger partial charge >= 0.3 is 0 Å². The molecule has 1 N–H and O–H groups in total. The largest absolute Gasteiger partial charge is 0.444 e. The molecule has 3 aromatic heterocycles. The van der Waals surface area contributed by atoms with Gasteiger partial charge in [0.1, 0.15) is 17.7 Å². The number of nitrogens with zero attached hydrogens (tertiary/aromatic N) is 4. The number of nitrogens with one attached hydrogen (secondary N) is 1. The van der Waals surface area contributed by atoms with Gasteiger partial charge in [-0.2, -0.15) is 5.26 Å². The van der Waals surface area contributed by atoms with Crippen LogP contribution in [0.4, 0.5) is 11.6 Å². The van der Waals surface area contributed by atoms with Gasteiger partial charge in [-0.15, -0.1) is 0 Å². The van der Waals surface area contributed by atoms with Gasteiger partial charge in [0.05, 0.1) is 10.7 Å². The summed E-state index contributed by atoms with van der Waals surface area (Å²) in [6.45, 7) is 1.95. The Balaban J connectivity index is 1.67. The molecule has 0 spiro atoms. The topological polar surface area (TPSA) is 78.0 Å². The van der Waals surface area contributed by atoms with Crippen LogP contribution in [0.5, 0.6) is 0 Å². The van der Waals surface area contributed by atoms with Crippen LogP contribution in [0.2, 0.25) is 0 Å². The standard InChI is InChI=1S/C17H14BrN5O/c1-23-5-4-13-10(9-23)2-3-15(21-13)22-17-16(18)12-6-11(7-19)24-14(12)8-20-17/h2-3,6,8H,4-5,9H2,1H3,(H,20,21,22). The van der Waals surface area contributed by atoms with E-state index in [9.17, 15) is 0 Å². The smallest absolute Gasteiger partial charge is 0.204 e. The van der Waals surface area contributed by atoms with E-state index in [-0.39, 0.29) is 5.76 Å². The molecule has 120 valence electrons. The van der Waals surface area contributed by atoms with Crippen molar-refractivity contribution < 1.29 is 4.42 Å². The molecule has 0 amide bonds. The Labute approximate surface area is 147 Å². The van der Waals surface area contributed by atoms with Crippen LogP contribution in [0, 0.1) is 11.3 Å². The molecule has 0 aliphatic carbocycles. The van der Waals surface area contributed by atoms with Gasteiger partial charge in [-0.25, -0.2) is 9.97 Å². The van der Waals surface area contributed by atoms with Gasteiger partial charge in [0.15, 0.2) is 5.58 Å². The van der Waals surface area contributed by atoms with Crippen LogP contribution in [-0.4, -0.2) is 28.5 Å². The van der Waals surface area contributed by atoms with Crippen molar-refractivity contribution in [1.82, 2.24) is 14.9 Å². The van der Waals surface area contributed by atoms with E-state index in [4.69, 9.17) is 14.7 Å². The van der Waals surface area contributed by atoms with Crippen LogP contribution in [0.1, 0.15) is 17.0 Å². The van der Waals surface area contributed by atoms with Crippen LogP contribution in [0.3, 0.4) is 0 Å². The quantitative estimate of drug-likeness (QED) is 0.728. The lowest BCUT2D eigenvalue weighted by Gasteiger charge is -2.24. The highest BCUT2D eigenvalue weighted by molar-refractivity contribution is 9.10. The van der Waals surface area contributed by atoms with E-state index in [1.165, 1.54) is 5.56 Å². The van der Waals surface area contributed by atoms with E-state index in [0.29, 0.717) is 11.4 Å². The van der Waals surface area contributed by atoms with Gasteiger partial charge in [0.2, 0.25) is 5.76 Å². The van der Waals surface area contributed by atoms with E-state index < -0.39 is 0 Å². The second-order valence-electron chi connectivity index (χ2n) is 5.84. The molecule has 0 atom stereocenters. The maximum Gasteiger partial charge on any atom is 0.204 e. The number of likely N-dealkylation sites (N-methyl/N-ethyl adjacent to an activating group) is 1. The Morgan fingerprint density at radius 1 is 1.42 bits per heavy atom. The number of anilines is 2. The molecule has 1 aliphatic rings. The van der Waals surface area contributed by atoms with Crippen LogP contribution in [0.15, 0.2) is 33.3 Å². The Morgan fingerprint density at radius 3 is 3.12 bits per heavy atom. The minimum Gasteiger partial charge on any atom is -0.444 e. The summed E-state index contributed by atoms with van der Waals surface area (Å²) in [4.78, 5) is 11.4. The molecule has 0 saturated carbocycles. The molecule has 0 unspecified atom stereocenters. The number of halogens is 1. The zero-order valence-electron chi connectivity index (χ0n) is 13.0. The fourth-order valence-corrected chi connectivity index (χ4v) is 3.38. The van der Waals surface area contributed by atoms with E-state index in [0.717, 1.165) is 40.9 Å². The third-order valence-electron chi connectivity index (χ3n) is 4.11. The SMILES string of the molecule is CN1CCc2nc(Nc3ncc4oc(C#N)cc4c3Br)ccc2C1. The normalized spacial score (nSPS) is 14.4. The van der Waals surface area contributed by atoms with Crippen LogP contribution in [0.25, 0.3) is 11.0 Å². The van der Waals surface area contributed by atoms with Crippen molar-refractivity contribution in [3.63, 3.8) is 0 Å². The molecule has 0 bridgehead atoms. The highest BCUT2D eigenvalue weighted by Gasteiger charge is 2.16. The lowest BCUT2D eigenvalue weighted by atomic mass is 10.1. The first-order valence-electron chi connectivity index (χ1n) is 7.56. The summed E-state index contributed by atoms with van der Waals surface area (Å²) in [5.41, 5.74) is 2.97. The number of hydrogen-bond acceptors (Lipinski definition) is 6. The van der Waals surface area contributed by atoms with E-state index >= 15 is 0 Å². The molecular formula is C17H14BrN5O. The maximum absolute atomic E-state index is 8.96. The third kappa shape index (κ3) is 2.64. The number of rotatable bonds is 2. The first-order chi connectivity index (χ1) is 11.6. The fraction of sp³-hybridized carbons (Fsp3) is 0.235. The molecule has 7 heteroatoms. The molecule has 0 radical (unpaired) electrons. The van der Waals surface area contributed by atoms with Crippen molar-refractivity contribution in [2.75, 3.05) is 18.9 Å². The summed E-state index contributed by atoms with van der Waals surface area (Å²) < 4.78 is 6.14. The monoisotopic (exact) mass is 383 g/mol. The number of nitriles is 1. The number of furan rings is 1. The second kappa shape index (κ2) is 5.89. The predicted molar refractivity (Wildman–Crippen MR) is 94.0 cm³/mol. The van der Waals surface area contributed by atoms with Crippen LogP contribution >= 0.6 is 15.9 Å². The Morgan fingerprint density at radius 2 is 2.29 bits per heavy atom. The highest BCUT2D eigenvalue weighted by Crippen LogP contribution is 2.33. The number of fused-ring (bicyclic) bond motifs is 2. The van der Waals surface area contributed by atoms with Gasteiger partial charge in [-0.1, -0.05) is 6.07 Å². The predicted octanol–water partition coefficient (Wildman–Crippen LogP) is 3.59. The number of pyridine rings is 2. The lowest BCUT2D eigenvalue weighted by molar-refractivity contribution is 0.310. The van der Waals surface area contributed by atoms with Gasteiger partial charge in [-0.05, 0) is 34.6 Å². The average molecular weight is 384 g/mol. The van der Waals surface area contributed by atoms with Gasteiger partial charge < -0.3 is 14.6 Å². The molecular weight excluding hydrogens is 370 g/mol. The Hall–Kier alpha value is -2.43. The van der Waals surface area contributed by atoms with Crippen molar-refractivity contribution in [1.29, 1.82) is 5.26 Å². The van der Waals surface area contributed by atoms with Crippen LogP contribution < -0.4 is 5.32 Å². The molecule has 0 saturated heterocycles. The number of hydrogen-bond donors (Lipinski definition) is 1. The summed E-state index contributed by atoms with van der Waals surface area (Å²) in [5.74, 6) is 1.67. The van der Waals surface area contributed by atoms with Crippen molar-refractivity contribution in [2.24, 2.45) is 0 Å². The third-order valence-corrected chi connectivity index (χ3v) is 4.91. The van der Waals surface area contributed by atoms with E-state index in [1.807, 2.05) is 12.1 Å². The van der Waals surface area contributed by atoms with Crippen molar-refractivity contribution in [2.45, 2.75) is 13.0 Å². The number of aromatic nitrogens is 2. The van der Waals surface area contributed by atoms with Gasteiger partial charge in [0.25, 0.3) is 0 Å². The van der Waals surface area contributed by atoms with Crippen molar-refractivity contribution >= 4 is 38.5 Å². The molecule has 0 fully saturated rings. The lowest BCUT2D eigenvalue weighted by Crippen LogP contribution is -2.27. The van der Waals surface area contributed by atoms with Crippen LogP contribution in [-0.2, 0) is 13.0 Å². The fourth-order valence-electron chi connectivity index (χ4n) is 2.87. The van der Waals surface area contributed by atoms with Crippen molar-refractivity contribution in [3.05, 3.63) is 45.9 Å². The molecule has 24 heavy (non-hydrogen) atoms. The highest BCUT2D eigenvalue weighted by atomic mass is 79.9. The average Bonchev–Trinajstić information content (AvgIpc) is 3.02. The first-order valence-corrected chi connectivity index (χ1v) is 8.36. The molecule has 3 aromatic rings. The summed E-state index contributed by atoms with van der Waals surface area (Å²) in [6, 6.07) is 7.77. The molecule has 4 rings (SSSR count). The minimum absolute atomic E-state index is 0.265. The molecule has 1 aliphatic heterocycles. The summed E-state index contributed by atoms with van der Waals surface area (Å²) in [7, 11) is 2.12. The maximum atomic E-state index is 8.96. The molecule has 4 heterocycles. The Bertz CT molecular complexity index is 975. The van der Waals surface area contributed by atoms with E-state index in [2.05, 4.69) is 44.2 Å².